The quantitative estimate of drug-likeness (QED) is 0.863. The minimum Gasteiger partial charge on any atom is -0.373 e. The zero-order valence-corrected chi connectivity index (χ0v) is 10.3. The molecule has 1 unspecified atom stereocenters. The minimum absolute atomic E-state index is 0.363. The third-order valence-corrected chi connectivity index (χ3v) is 2.81. The molecule has 3 nitrogen and oxygen atoms in total. The summed E-state index contributed by atoms with van der Waals surface area (Å²) in [7, 11) is 0. The van der Waals surface area contributed by atoms with Crippen LogP contribution < -0.4 is 11.1 Å². The van der Waals surface area contributed by atoms with Crippen LogP contribution in [0.2, 0.25) is 0 Å². The van der Waals surface area contributed by atoms with E-state index < -0.39 is 6.04 Å². The number of nitrogens with one attached hydrogen (secondary N) is 1. The molecule has 0 aliphatic rings. The van der Waals surface area contributed by atoms with Gasteiger partial charge in [0.15, 0.2) is 0 Å². The Morgan fingerprint density at radius 3 is 2.33 bits per heavy atom. The van der Waals surface area contributed by atoms with Gasteiger partial charge in [-0.2, -0.15) is 0 Å². The number of hydrogen-bond donors (Lipinski definition) is 2. The number of nitrogens with two attached hydrogens (primary N) is 1. The van der Waals surface area contributed by atoms with Crippen molar-refractivity contribution in [2.45, 2.75) is 13.0 Å². The lowest BCUT2D eigenvalue weighted by Gasteiger charge is -2.15. The van der Waals surface area contributed by atoms with Gasteiger partial charge in [-0.1, -0.05) is 48.5 Å². The normalized spacial score (nSPS) is 11.8. The molecule has 0 spiro atoms. The van der Waals surface area contributed by atoms with Crippen LogP contribution >= 0.6 is 0 Å². The molecule has 0 aliphatic heterocycles. The van der Waals surface area contributed by atoms with Crippen LogP contribution in [0, 0.1) is 0 Å². The predicted molar refractivity (Wildman–Crippen MR) is 74.2 cm³/mol. The van der Waals surface area contributed by atoms with E-state index in [1.165, 1.54) is 0 Å². The Kier molecular flexibility index (Phi) is 3.63. The summed E-state index contributed by atoms with van der Waals surface area (Å²) in [6.07, 6.45) is 0. The monoisotopic (exact) mass is 240 g/mol. The van der Waals surface area contributed by atoms with E-state index in [1.54, 1.807) is 6.92 Å². The predicted octanol–water partition coefficient (Wildman–Crippen LogP) is 2.64. The highest BCUT2D eigenvalue weighted by Gasteiger charge is 2.10. The fraction of sp³-hybridized carbons (Fsp3) is 0.133. The van der Waals surface area contributed by atoms with Crippen LogP contribution in [0.4, 0.5) is 5.69 Å². The summed E-state index contributed by atoms with van der Waals surface area (Å²) in [6.45, 7) is 1.75. The zero-order chi connectivity index (χ0) is 13.0. The molecule has 2 aromatic carbocycles. The first-order valence-electron chi connectivity index (χ1n) is 5.89. The van der Waals surface area contributed by atoms with Crippen molar-refractivity contribution in [2.24, 2.45) is 5.73 Å². The fourth-order valence-corrected chi connectivity index (χ4v) is 1.78. The van der Waals surface area contributed by atoms with E-state index in [4.69, 9.17) is 5.73 Å². The molecule has 0 aliphatic carbocycles. The summed E-state index contributed by atoms with van der Waals surface area (Å²) in [6, 6.07) is 17.5. The van der Waals surface area contributed by atoms with Crippen LogP contribution in [0.15, 0.2) is 54.6 Å². The van der Waals surface area contributed by atoms with Gasteiger partial charge in [0.25, 0.3) is 0 Å². The molecular formula is C15H16N2O. The molecule has 0 heterocycles. The Morgan fingerprint density at radius 1 is 1.06 bits per heavy atom. The third-order valence-electron chi connectivity index (χ3n) is 2.81. The largest absolute Gasteiger partial charge is 0.373 e. The maximum Gasteiger partial charge on any atom is 0.239 e. The number of carbonyl (C=O) groups is 1. The second-order valence-corrected chi connectivity index (χ2v) is 4.18. The lowest BCUT2D eigenvalue weighted by molar-refractivity contribution is -0.118. The minimum atomic E-state index is -0.394. The van der Waals surface area contributed by atoms with E-state index in [0.717, 1.165) is 16.8 Å². The van der Waals surface area contributed by atoms with Gasteiger partial charge < -0.3 is 11.1 Å². The number of para-hydroxylation sites is 1. The molecule has 0 radical (unpaired) electrons. The first-order chi connectivity index (χ1) is 8.68. The smallest absolute Gasteiger partial charge is 0.239 e. The van der Waals surface area contributed by atoms with Crippen molar-refractivity contribution in [1.29, 1.82) is 0 Å². The van der Waals surface area contributed by atoms with Gasteiger partial charge in [-0.25, -0.2) is 0 Å². The Morgan fingerprint density at radius 2 is 1.67 bits per heavy atom. The van der Waals surface area contributed by atoms with Gasteiger partial charge in [0.2, 0.25) is 5.91 Å². The number of carbonyl (C=O) groups excluding carboxylic acids is 1. The Hall–Kier alpha value is -2.29. The maximum atomic E-state index is 11.1. The molecule has 2 aromatic rings. The Bertz CT molecular complexity index is 537. The molecule has 0 fully saturated rings. The summed E-state index contributed by atoms with van der Waals surface area (Å²) in [5.74, 6) is -0.363. The van der Waals surface area contributed by atoms with Gasteiger partial charge in [0, 0.05) is 11.3 Å². The van der Waals surface area contributed by atoms with Crippen molar-refractivity contribution in [2.75, 3.05) is 5.32 Å². The van der Waals surface area contributed by atoms with Gasteiger partial charge in [0.1, 0.15) is 6.04 Å². The number of benzene rings is 2. The van der Waals surface area contributed by atoms with Crippen LogP contribution in [0.25, 0.3) is 11.1 Å². The molecule has 2 rings (SSSR count). The van der Waals surface area contributed by atoms with Crippen LogP contribution in [0.3, 0.4) is 0 Å². The molecule has 1 atom stereocenters. The molecular weight excluding hydrogens is 224 g/mol. The van der Waals surface area contributed by atoms with E-state index in [2.05, 4.69) is 5.32 Å². The van der Waals surface area contributed by atoms with E-state index in [-0.39, 0.29) is 5.91 Å². The first-order valence-corrected chi connectivity index (χ1v) is 5.89. The molecule has 18 heavy (non-hydrogen) atoms. The van der Waals surface area contributed by atoms with Gasteiger partial charge in [-0.05, 0) is 18.6 Å². The molecule has 1 amide bonds. The highest BCUT2D eigenvalue weighted by atomic mass is 16.1. The fourth-order valence-electron chi connectivity index (χ4n) is 1.78. The Balaban J connectivity index is 2.35. The lowest BCUT2D eigenvalue weighted by Crippen LogP contribution is -2.32. The number of primary amides is 1. The number of anilines is 1. The molecule has 92 valence electrons. The van der Waals surface area contributed by atoms with Crippen molar-refractivity contribution in [3.63, 3.8) is 0 Å². The summed E-state index contributed by atoms with van der Waals surface area (Å²) < 4.78 is 0. The molecule has 3 heteroatoms. The average molecular weight is 240 g/mol. The van der Waals surface area contributed by atoms with Crippen molar-refractivity contribution in [1.82, 2.24) is 0 Å². The van der Waals surface area contributed by atoms with Crippen molar-refractivity contribution in [3.8, 4) is 11.1 Å². The summed E-state index contributed by atoms with van der Waals surface area (Å²) in [4.78, 5) is 11.1. The first kappa shape index (κ1) is 12.2. The number of amides is 1. The van der Waals surface area contributed by atoms with Crippen molar-refractivity contribution in [3.05, 3.63) is 54.6 Å². The Labute approximate surface area is 107 Å². The van der Waals surface area contributed by atoms with Gasteiger partial charge in [0.05, 0.1) is 0 Å². The van der Waals surface area contributed by atoms with E-state index in [9.17, 15) is 4.79 Å². The molecule has 0 bridgehead atoms. The molecule has 0 aromatic heterocycles. The standard InChI is InChI=1S/C15H16N2O/c1-11(15(16)18)17-14-10-6-5-9-13(14)12-7-3-2-4-8-12/h2-11,17H,1H3,(H2,16,18). The maximum absolute atomic E-state index is 11.1. The van der Waals surface area contributed by atoms with Crippen molar-refractivity contribution < 1.29 is 4.79 Å². The molecule has 3 N–H and O–H groups in total. The van der Waals surface area contributed by atoms with Crippen LogP contribution in [0.5, 0.6) is 0 Å². The summed E-state index contributed by atoms with van der Waals surface area (Å²) in [5.41, 5.74) is 8.35. The van der Waals surface area contributed by atoms with E-state index in [1.807, 2.05) is 54.6 Å². The van der Waals surface area contributed by atoms with Gasteiger partial charge in [-0.15, -0.1) is 0 Å². The van der Waals surface area contributed by atoms with Crippen LogP contribution in [-0.2, 0) is 4.79 Å². The third kappa shape index (κ3) is 2.69. The van der Waals surface area contributed by atoms with Crippen molar-refractivity contribution >= 4 is 11.6 Å². The average Bonchev–Trinajstić information content (AvgIpc) is 2.40. The number of rotatable bonds is 4. The van der Waals surface area contributed by atoms with Crippen LogP contribution in [0.1, 0.15) is 6.92 Å². The second-order valence-electron chi connectivity index (χ2n) is 4.18. The molecule has 0 saturated heterocycles. The topological polar surface area (TPSA) is 55.1 Å². The van der Waals surface area contributed by atoms with Crippen LogP contribution in [-0.4, -0.2) is 11.9 Å². The lowest BCUT2D eigenvalue weighted by atomic mass is 10.0. The summed E-state index contributed by atoms with van der Waals surface area (Å²) in [5, 5.41) is 3.13. The van der Waals surface area contributed by atoms with E-state index >= 15 is 0 Å². The SMILES string of the molecule is CC(Nc1ccccc1-c1ccccc1)C(N)=O. The number of hydrogen-bond acceptors (Lipinski definition) is 2. The highest BCUT2D eigenvalue weighted by molar-refractivity contribution is 5.85. The zero-order valence-electron chi connectivity index (χ0n) is 10.3. The van der Waals surface area contributed by atoms with Gasteiger partial charge in [-0.3, -0.25) is 4.79 Å². The van der Waals surface area contributed by atoms with Gasteiger partial charge >= 0.3 is 0 Å². The highest BCUT2D eigenvalue weighted by Crippen LogP contribution is 2.27. The molecule has 0 saturated carbocycles. The summed E-state index contributed by atoms with van der Waals surface area (Å²) >= 11 is 0. The van der Waals surface area contributed by atoms with E-state index in [0.29, 0.717) is 0 Å². The second kappa shape index (κ2) is 5.36.